The van der Waals surface area contributed by atoms with Crippen LogP contribution in [0, 0.1) is 5.92 Å². The van der Waals surface area contributed by atoms with Crippen molar-refractivity contribution < 1.29 is 18.0 Å². The molecule has 8 heteroatoms. The van der Waals surface area contributed by atoms with Crippen molar-refractivity contribution in [3.63, 3.8) is 0 Å². The maximum Gasteiger partial charge on any atom is 0.322 e. The second kappa shape index (κ2) is 6.59. The first-order chi connectivity index (χ1) is 8.56. The third-order valence-corrected chi connectivity index (χ3v) is 8.42. The number of hydrogen-bond acceptors (Lipinski definition) is 4. The van der Waals surface area contributed by atoms with Crippen LogP contribution < -0.4 is 0 Å². The van der Waals surface area contributed by atoms with Crippen molar-refractivity contribution in [2.24, 2.45) is 5.92 Å². The summed E-state index contributed by atoms with van der Waals surface area (Å²) < 4.78 is 23.0. The molecule has 0 spiro atoms. The van der Waals surface area contributed by atoms with Crippen molar-refractivity contribution in [2.45, 2.75) is 51.3 Å². The minimum absolute atomic E-state index is 0.107. The summed E-state index contributed by atoms with van der Waals surface area (Å²) in [6.07, 6.45) is -0.255. The minimum Gasteiger partial charge on any atom is -0.424 e. The molecule has 0 aromatic rings. The number of ether oxygens (including phenoxy) is 2. The van der Waals surface area contributed by atoms with Crippen LogP contribution in [-0.2, 0) is 18.0 Å². The van der Waals surface area contributed by atoms with Crippen LogP contribution in [0.4, 0.5) is 0 Å². The highest BCUT2D eigenvalue weighted by Crippen LogP contribution is 2.31. The van der Waals surface area contributed by atoms with E-state index in [1.165, 1.54) is 0 Å². The van der Waals surface area contributed by atoms with Gasteiger partial charge in [-0.25, -0.2) is 0 Å². The van der Waals surface area contributed by atoms with Gasteiger partial charge in [0, 0.05) is 19.0 Å². The fraction of sp³-hybridized carbons (Fsp3) is 1.00. The Balaban J connectivity index is 2.71. The van der Waals surface area contributed by atoms with Gasteiger partial charge < -0.3 is 18.0 Å². The molecule has 1 rings (SSSR count). The normalized spacial score (nSPS) is 32.8. The quantitative estimate of drug-likeness (QED) is 0.555. The summed E-state index contributed by atoms with van der Waals surface area (Å²) in [6.45, 7) is 10.4. The Labute approximate surface area is 124 Å². The Bertz CT molecular complexity index is 301. The average Bonchev–Trinajstić information content (AvgIpc) is 2.42. The van der Waals surface area contributed by atoms with E-state index in [1.807, 2.05) is 33.1 Å². The van der Waals surface area contributed by atoms with Crippen molar-refractivity contribution in [3.8, 4) is 0 Å². The Morgan fingerprint density at radius 1 is 1.26 bits per heavy atom. The van der Waals surface area contributed by atoms with E-state index in [0.29, 0.717) is 6.61 Å². The zero-order valence-electron chi connectivity index (χ0n) is 12.6. The molecule has 0 aromatic heterocycles. The van der Waals surface area contributed by atoms with Gasteiger partial charge in [0.25, 0.3) is 7.63 Å². The highest BCUT2D eigenvalue weighted by Gasteiger charge is 2.45. The number of hydrogen-bond donors (Lipinski definition) is 0. The van der Waals surface area contributed by atoms with Gasteiger partial charge in [0.2, 0.25) is 0 Å². The fourth-order valence-corrected chi connectivity index (χ4v) is 9.91. The molecule has 110 valence electrons. The molecule has 4 unspecified atom stereocenters. The van der Waals surface area contributed by atoms with E-state index < -0.39 is 16.2 Å². The van der Waals surface area contributed by atoms with Crippen LogP contribution in [0.3, 0.4) is 0 Å². The first-order valence-electron chi connectivity index (χ1n) is 6.52. The molecule has 1 heterocycles. The molecule has 4 nitrogen and oxygen atoms in total. The first kappa shape index (κ1) is 17.7. The SMILES string of the molecule is [B]C1OC(COC)C(O[Si](C)(C)O[Si](C)(C)Cl)C1C. The Kier molecular flexibility index (Phi) is 6.14. The summed E-state index contributed by atoms with van der Waals surface area (Å²) in [5, 5.41) is 0. The van der Waals surface area contributed by atoms with Gasteiger partial charge >= 0.3 is 8.56 Å². The molecule has 19 heavy (non-hydrogen) atoms. The molecular weight excluding hydrogens is 299 g/mol. The van der Waals surface area contributed by atoms with E-state index in [1.54, 1.807) is 7.11 Å². The molecule has 1 aliphatic heterocycles. The number of halogens is 1. The Hall–Kier alpha value is 0.629. The molecule has 2 radical (unpaired) electrons. The van der Waals surface area contributed by atoms with Crippen LogP contribution >= 0.6 is 11.1 Å². The summed E-state index contributed by atoms with van der Waals surface area (Å²) in [4.78, 5) is 0. The van der Waals surface area contributed by atoms with Gasteiger partial charge in [-0.3, -0.25) is 0 Å². The molecule has 0 bridgehead atoms. The fourth-order valence-electron chi connectivity index (χ4n) is 2.35. The summed E-state index contributed by atoms with van der Waals surface area (Å²) in [5.74, 6) is 0.107. The summed E-state index contributed by atoms with van der Waals surface area (Å²) in [6, 6.07) is -0.323. The lowest BCUT2D eigenvalue weighted by Gasteiger charge is -2.34. The summed E-state index contributed by atoms with van der Waals surface area (Å²) >= 11 is 6.26. The van der Waals surface area contributed by atoms with E-state index in [4.69, 9.17) is 36.9 Å². The van der Waals surface area contributed by atoms with E-state index in [-0.39, 0.29) is 24.1 Å². The van der Waals surface area contributed by atoms with Crippen molar-refractivity contribution >= 4 is 35.1 Å². The third kappa shape index (κ3) is 5.49. The van der Waals surface area contributed by atoms with E-state index >= 15 is 0 Å². The smallest absolute Gasteiger partial charge is 0.322 e. The van der Waals surface area contributed by atoms with Gasteiger partial charge in [-0.05, 0) is 26.2 Å². The Morgan fingerprint density at radius 3 is 2.32 bits per heavy atom. The molecular formula is C11H24BClO4Si2. The molecule has 1 saturated heterocycles. The van der Waals surface area contributed by atoms with Gasteiger partial charge in [-0.1, -0.05) is 6.92 Å². The van der Waals surface area contributed by atoms with Gasteiger partial charge in [-0.2, -0.15) is 0 Å². The molecule has 0 amide bonds. The molecule has 4 atom stereocenters. The van der Waals surface area contributed by atoms with E-state index in [0.717, 1.165) is 0 Å². The maximum atomic E-state index is 6.26. The predicted octanol–water partition coefficient (Wildman–Crippen LogP) is 2.21. The lowest BCUT2D eigenvalue weighted by Crippen LogP contribution is -2.49. The number of methoxy groups -OCH3 is 1. The van der Waals surface area contributed by atoms with Crippen molar-refractivity contribution in [3.05, 3.63) is 0 Å². The highest BCUT2D eigenvalue weighted by atomic mass is 35.6. The zero-order valence-corrected chi connectivity index (χ0v) is 15.4. The highest BCUT2D eigenvalue weighted by molar-refractivity contribution is 7.17. The van der Waals surface area contributed by atoms with Crippen LogP contribution in [0.15, 0.2) is 0 Å². The monoisotopic (exact) mass is 322 g/mol. The van der Waals surface area contributed by atoms with E-state index in [2.05, 4.69) is 0 Å². The van der Waals surface area contributed by atoms with Crippen molar-refractivity contribution in [1.82, 2.24) is 0 Å². The molecule has 1 fully saturated rings. The van der Waals surface area contributed by atoms with E-state index in [9.17, 15) is 0 Å². The minimum atomic E-state index is -2.31. The second-order valence-electron chi connectivity index (χ2n) is 5.90. The van der Waals surface area contributed by atoms with Crippen LogP contribution in [0.25, 0.3) is 0 Å². The summed E-state index contributed by atoms with van der Waals surface area (Å²) in [5.41, 5.74) is 0. The van der Waals surface area contributed by atoms with Gasteiger partial charge in [0.15, 0.2) is 0 Å². The lowest BCUT2D eigenvalue weighted by atomic mass is 9.86. The second-order valence-corrected chi connectivity index (χ2v) is 15.2. The number of rotatable bonds is 6. The molecule has 0 saturated carbocycles. The summed E-state index contributed by atoms with van der Waals surface area (Å²) in [7, 11) is 3.13. The largest absolute Gasteiger partial charge is 0.424 e. The van der Waals surface area contributed by atoms with Crippen molar-refractivity contribution in [2.75, 3.05) is 13.7 Å². The van der Waals surface area contributed by atoms with Crippen LogP contribution in [0.5, 0.6) is 0 Å². The average molecular weight is 323 g/mol. The Morgan fingerprint density at radius 2 is 1.84 bits per heavy atom. The molecule has 1 aliphatic rings. The van der Waals surface area contributed by atoms with Gasteiger partial charge in [0.05, 0.1) is 12.7 Å². The molecule has 0 N–H and O–H groups in total. The maximum absolute atomic E-state index is 6.26. The van der Waals surface area contributed by atoms with Crippen molar-refractivity contribution in [1.29, 1.82) is 0 Å². The molecule has 0 aliphatic carbocycles. The van der Waals surface area contributed by atoms with Crippen LogP contribution in [-0.4, -0.2) is 56.0 Å². The standard InChI is InChI=1S/C11H24BClO4Si2/c1-8-10(9(7-14-2)15-11(8)12)16-19(5,6)17-18(3,4)13/h8-11H,7H2,1-6H3. The first-order valence-corrected chi connectivity index (χ1v) is 13.3. The topological polar surface area (TPSA) is 36.9 Å². The van der Waals surface area contributed by atoms with Crippen LogP contribution in [0.2, 0.25) is 26.2 Å². The van der Waals surface area contributed by atoms with Crippen LogP contribution in [0.1, 0.15) is 6.92 Å². The third-order valence-electron chi connectivity index (χ3n) is 2.97. The van der Waals surface area contributed by atoms with Gasteiger partial charge in [0.1, 0.15) is 14.0 Å². The predicted molar refractivity (Wildman–Crippen MR) is 82.2 cm³/mol. The van der Waals surface area contributed by atoms with Gasteiger partial charge in [-0.15, -0.1) is 11.1 Å². The lowest BCUT2D eigenvalue weighted by molar-refractivity contribution is -0.0172. The zero-order chi connectivity index (χ0) is 14.8. The molecule has 0 aromatic carbocycles.